The standard InChI is InChI=1S/C21H31NO2/c1-7-8-11-18(17-10-9-12-22-14-17)19-16(3)21(4,24-6)13-15(2)20(19)23-5/h9-10,12,14,18H,7-8,11,13H2,1-6H3. The predicted octanol–water partition coefficient (Wildman–Crippen LogP) is 5.40. The molecule has 0 saturated heterocycles. The minimum absolute atomic E-state index is 0.270. The Morgan fingerprint density at radius 2 is 2.04 bits per heavy atom. The van der Waals surface area contributed by atoms with Gasteiger partial charge in [0.2, 0.25) is 0 Å². The van der Waals surface area contributed by atoms with Crippen LogP contribution in [0.3, 0.4) is 0 Å². The van der Waals surface area contributed by atoms with Crippen molar-refractivity contribution in [3.63, 3.8) is 0 Å². The maximum absolute atomic E-state index is 5.91. The van der Waals surface area contributed by atoms with Gasteiger partial charge < -0.3 is 9.47 Å². The van der Waals surface area contributed by atoms with E-state index in [0.29, 0.717) is 5.92 Å². The van der Waals surface area contributed by atoms with Gasteiger partial charge >= 0.3 is 0 Å². The Balaban J connectivity index is 2.60. The van der Waals surface area contributed by atoms with E-state index >= 15 is 0 Å². The minimum atomic E-state index is -0.270. The van der Waals surface area contributed by atoms with Crippen LogP contribution in [-0.2, 0) is 9.47 Å². The maximum atomic E-state index is 5.91. The van der Waals surface area contributed by atoms with Crippen LogP contribution in [0.1, 0.15) is 64.9 Å². The van der Waals surface area contributed by atoms with Gasteiger partial charge in [-0.05, 0) is 50.0 Å². The van der Waals surface area contributed by atoms with Gasteiger partial charge in [-0.2, -0.15) is 0 Å². The molecule has 1 heterocycles. The highest BCUT2D eigenvalue weighted by atomic mass is 16.5. The average Bonchev–Trinajstić information content (AvgIpc) is 2.60. The molecule has 0 radical (unpaired) electrons. The summed E-state index contributed by atoms with van der Waals surface area (Å²) in [5.74, 6) is 1.32. The van der Waals surface area contributed by atoms with Crippen LogP contribution >= 0.6 is 0 Å². The number of hydrogen-bond donors (Lipinski definition) is 0. The van der Waals surface area contributed by atoms with Crippen molar-refractivity contribution >= 4 is 0 Å². The van der Waals surface area contributed by atoms with E-state index in [1.54, 1.807) is 14.2 Å². The van der Waals surface area contributed by atoms with Crippen molar-refractivity contribution in [3.05, 3.63) is 52.6 Å². The summed E-state index contributed by atoms with van der Waals surface area (Å²) >= 11 is 0. The first-order valence-corrected chi connectivity index (χ1v) is 8.88. The van der Waals surface area contributed by atoms with Crippen molar-refractivity contribution in [3.8, 4) is 0 Å². The fourth-order valence-corrected chi connectivity index (χ4v) is 3.80. The highest BCUT2D eigenvalue weighted by molar-refractivity contribution is 5.48. The van der Waals surface area contributed by atoms with E-state index in [-0.39, 0.29) is 5.60 Å². The zero-order valence-electron chi connectivity index (χ0n) is 16.0. The molecule has 0 amide bonds. The van der Waals surface area contributed by atoms with Crippen molar-refractivity contribution in [2.24, 2.45) is 0 Å². The third kappa shape index (κ3) is 3.56. The molecule has 1 aromatic heterocycles. The number of nitrogens with zero attached hydrogens (tertiary/aromatic N) is 1. The minimum Gasteiger partial charge on any atom is -0.497 e. The average molecular weight is 329 g/mol. The molecule has 0 aromatic carbocycles. The normalized spacial score (nSPS) is 22.8. The highest BCUT2D eigenvalue weighted by Crippen LogP contribution is 2.46. The van der Waals surface area contributed by atoms with E-state index in [2.05, 4.69) is 38.7 Å². The van der Waals surface area contributed by atoms with Gasteiger partial charge in [0.15, 0.2) is 0 Å². The maximum Gasteiger partial charge on any atom is 0.121 e. The molecule has 3 nitrogen and oxygen atoms in total. The second kappa shape index (κ2) is 7.98. The molecule has 2 rings (SSSR count). The van der Waals surface area contributed by atoms with Crippen LogP contribution in [0, 0.1) is 0 Å². The molecule has 0 saturated carbocycles. The summed E-state index contributed by atoms with van der Waals surface area (Å²) in [6.07, 6.45) is 8.14. The van der Waals surface area contributed by atoms with Gasteiger partial charge in [-0.25, -0.2) is 0 Å². The smallest absolute Gasteiger partial charge is 0.121 e. The number of allylic oxidation sites excluding steroid dienone is 1. The van der Waals surface area contributed by atoms with E-state index in [0.717, 1.165) is 18.6 Å². The van der Waals surface area contributed by atoms with E-state index in [4.69, 9.17) is 9.47 Å². The van der Waals surface area contributed by atoms with Crippen LogP contribution < -0.4 is 0 Å². The van der Waals surface area contributed by atoms with Crippen molar-refractivity contribution < 1.29 is 9.47 Å². The highest BCUT2D eigenvalue weighted by Gasteiger charge is 2.38. The summed E-state index contributed by atoms with van der Waals surface area (Å²) in [5.41, 5.74) is 4.80. The largest absolute Gasteiger partial charge is 0.497 e. The van der Waals surface area contributed by atoms with Crippen LogP contribution in [0.2, 0.25) is 0 Å². The first-order valence-electron chi connectivity index (χ1n) is 8.88. The number of aromatic nitrogens is 1. The lowest BCUT2D eigenvalue weighted by atomic mass is 9.73. The quantitative estimate of drug-likeness (QED) is 0.671. The first-order chi connectivity index (χ1) is 11.5. The number of pyridine rings is 1. The third-order valence-corrected chi connectivity index (χ3v) is 5.37. The third-order valence-electron chi connectivity index (χ3n) is 5.37. The van der Waals surface area contributed by atoms with E-state index < -0.39 is 0 Å². The Kier molecular flexibility index (Phi) is 6.22. The molecule has 0 N–H and O–H groups in total. The molecule has 0 bridgehead atoms. The molecule has 1 aliphatic rings. The van der Waals surface area contributed by atoms with Gasteiger partial charge in [0.05, 0.1) is 12.7 Å². The second-order valence-corrected chi connectivity index (χ2v) is 6.95. The monoisotopic (exact) mass is 329 g/mol. The SMILES string of the molecule is CCCCC(C1=C(C)C(C)(OC)CC(C)=C1OC)c1cccnc1. The molecule has 132 valence electrons. The zero-order valence-corrected chi connectivity index (χ0v) is 16.0. The summed E-state index contributed by atoms with van der Waals surface area (Å²) in [4.78, 5) is 4.35. The molecule has 1 aromatic rings. The molecule has 0 spiro atoms. The predicted molar refractivity (Wildman–Crippen MR) is 98.9 cm³/mol. The molecule has 2 unspecified atom stereocenters. The lowest BCUT2D eigenvalue weighted by molar-refractivity contribution is 0.0331. The van der Waals surface area contributed by atoms with Gasteiger partial charge in [-0.15, -0.1) is 0 Å². The Hall–Kier alpha value is -1.61. The van der Waals surface area contributed by atoms with Crippen LogP contribution in [-0.4, -0.2) is 24.8 Å². The van der Waals surface area contributed by atoms with Crippen LogP contribution in [0.5, 0.6) is 0 Å². The number of methoxy groups -OCH3 is 2. The molecular formula is C21H31NO2. The molecule has 1 aliphatic carbocycles. The molecule has 3 heteroatoms. The van der Waals surface area contributed by atoms with Crippen LogP contribution in [0.25, 0.3) is 0 Å². The van der Waals surface area contributed by atoms with Crippen LogP contribution in [0.4, 0.5) is 0 Å². The van der Waals surface area contributed by atoms with Gasteiger partial charge in [-0.1, -0.05) is 25.8 Å². The molecule has 0 fully saturated rings. The summed E-state index contributed by atoms with van der Waals surface area (Å²) in [7, 11) is 3.58. The van der Waals surface area contributed by atoms with Gasteiger partial charge in [0, 0.05) is 37.4 Å². The number of unbranched alkanes of at least 4 members (excludes halogenated alkanes) is 1. The zero-order chi connectivity index (χ0) is 17.7. The van der Waals surface area contributed by atoms with E-state index in [9.17, 15) is 0 Å². The topological polar surface area (TPSA) is 31.4 Å². The fourth-order valence-electron chi connectivity index (χ4n) is 3.80. The van der Waals surface area contributed by atoms with Gasteiger partial charge in [-0.3, -0.25) is 4.98 Å². The molecule has 0 aliphatic heterocycles. The molecular weight excluding hydrogens is 298 g/mol. The van der Waals surface area contributed by atoms with Crippen molar-refractivity contribution in [1.29, 1.82) is 0 Å². The number of ether oxygens (including phenoxy) is 2. The fraction of sp³-hybridized carbons (Fsp3) is 0.571. The van der Waals surface area contributed by atoms with E-state index in [1.165, 1.54) is 35.1 Å². The van der Waals surface area contributed by atoms with Crippen molar-refractivity contribution in [2.75, 3.05) is 14.2 Å². The summed E-state index contributed by atoms with van der Waals surface area (Å²) in [6, 6.07) is 4.19. The lowest BCUT2D eigenvalue weighted by Gasteiger charge is -2.39. The lowest BCUT2D eigenvalue weighted by Crippen LogP contribution is -2.35. The van der Waals surface area contributed by atoms with Crippen LogP contribution in [0.15, 0.2) is 47.0 Å². The molecule has 2 atom stereocenters. The second-order valence-electron chi connectivity index (χ2n) is 6.95. The molecule has 24 heavy (non-hydrogen) atoms. The summed E-state index contributed by atoms with van der Waals surface area (Å²) < 4.78 is 11.8. The number of hydrogen-bond acceptors (Lipinski definition) is 3. The van der Waals surface area contributed by atoms with Gasteiger partial charge in [0.1, 0.15) is 5.76 Å². The Labute approximate surface area is 146 Å². The van der Waals surface area contributed by atoms with Crippen molar-refractivity contribution in [2.45, 2.75) is 64.9 Å². The summed E-state index contributed by atoms with van der Waals surface area (Å²) in [6.45, 7) is 8.76. The van der Waals surface area contributed by atoms with Crippen molar-refractivity contribution in [1.82, 2.24) is 4.98 Å². The first kappa shape index (κ1) is 18.7. The Morgan fingerprint density at radius 1 is 1.29 bits per heavy atom. The van der Waals surface area contributed by atoms with Gasteiger partial charge in [0.25, 0.3) is 0 Å². The Morgan fingerprint density at radius 3 is 2.58 bits per heavy atom. The number of rotatable bonds is 7. The van der Waals surface area contributed by atoms with E-state index in [1.807, 2.05) is 18.5 Å². The Bertz CT molecular complexity index is 618. The summed E-state index contributed by atoms with van der Waals surface area (Å²) in [5, 5.41) is 0.